The molecule has 0 saturated heterocycles. The minimum atomic E-state index is -1.18. The molecule has 0 aliphatic heterocycles. The number of rotatable bonds is 2. The van der Waals surface area contributed by atoms with E-state index in [1.54, 1.807) is 12.3 Å². The molecule has 0 saturated carbocycles. The van der Waals surface area contributed by atoms with Gasteiger partial charge in [-0.1, -0.05) is 0 Å². The molecule has 2 N–H and O–H groups in total. The standard InChI is InChI=1S/C17H14N2O3/c1-9-5-13-14(6-10(9)2)19-15(8-18-13)11-3-4-16(20)12(7-11)17(21)22/h3-8,20H,1-2H3,(H,21,22). The van der Waals surface area contributed by atoms with Crippen LogP contribution in [-0.4, -0.2) is 26.2 Å². The van der Waals surface area contributed by atoms with Crippen molar-refractivity contribution in [2.45, 2.75) is 13.8 Å². The zero-order valence-corrected chi connectivity index (χ0v) is 12.2. The van der Waals surface area contributed by atoms with Crippen LogP contribution in [0.2, 0.25) is 0 Å². The summed E-state index contributed by atoms with van der Waals surface area (Å²) in [6.45, 7) is 4.02. The summed E-state index contributed by atoms with van der Waals surface area (Å²) in [5.41, 5.74) is 4.83. The molecule has 5 nitrogen and oxygen atoms in total. The van der Waals surface area contributed by atoms with Gasteiger partial charge in [0.15, 0.2) is 0 Å². The van der Waals surface area contributed by atoms with E-state index < -0.39 is 5.97 Å². The summed E-state index contributed by atoms with van der Waals surface area (Å²) in [5.74, 6) is -1.45. The molecule has 0 bridgehead atoms. The maximum Gasteiger partial charge on any atom is 0.339 e. The quantitative estimate of drug-likeness (QED) is 0.757. The van der Waals surface area contributed by atoms with Crippen molar-refractivity contribution in [1.29, 1.82) is 0 Å². The zero-order chi connectivity index (χ0) is 15.9. The van der Waals surface area contributed by atoms with Crippen LogP contribution < -0.4 is 0 Å². The smallest absolute Gasteiger partial charge is 0.339 e. The third kappa shape index (κ3) is 2.37. The number of carboxylic acids is 1. The van der Waals surface area contributed by atoms with Gasteiger partial charge in [0.1, 0.15) is 11.3 Å². The van der Waals surface area contributed by atoms with Gasteiger partial charge in [0, 0.05) is 5.56 Å². The lowest BCUT2D eigenvalue weighted by Crippen LogP contribution is -1.98. The normalized spacial score (nSPS) is 10.8. The Labute approximate surface area is 126 Å². The topological polar surface area (TPSA) is 83.3 Å². The molecule has 0 atom stereocenters. The van der Waals surface area contributed by atoms with Crippen LogP contribution in [0, 0.1) is 13.8 Å². The van der Waals surface area contributed by atoms with Crippen LogP contribution in [0.3, 0.4) is 0 Å². The molecule has 5 heteroatoms. The van der Waals surface area contributed by atoms with Gasteiger partial charge in [-0.2, -0.15) is 0 Å². The summed E-state index contributed by atoms with van der Waals surface area (Å²) >= 11 is 0. The maximum absolute atomic E-state index is 11.1. The van der Waals surface area contributed by atoms with Crippen molar-refractivity contribution in [2.24, 2.45) is 0 Å². The van der Waals surface area contributed by atoms with E-state index in [1.807, 2.05) is 26.0 Å². The third-order valence-electron chi connectivity index (χ3n) is 3.68. The molecule has 0 aliphatic rings. The number of aromatic nitrogens is 2. The van der Waals surface area contributed by atoms with Crippen molar-refractivity contribution < 1.29 is 15.0 Å². The third-order valence-corrected chi connectivity index (χ3v) is 3.68. The Kier molecular flexibility index (Phi) is 3.25. The number of carboxylic acid groups (broad SMARTS) is 1. The number of aromatic hydroxyl groups is 1. The Morgan fingerprint density at radius 2 is 1.73 bits per heavy atom. The highest BCUT2D eigenvalue weighted by molar-refractivity contribution is 5.92. The van der Waals surface area contributed by atoms with E-state index in [4.69, 9.17) is 5.11 Å². The molecular formula is C17H14N2O3. The van der Waals surface area contributed by atoms with Crippen LogP contribution in [-0.2, 0) is 0 Å². The average Bonchev–Trinajstić information content (AvgIpc) is 2.48. The van der Waals surface area contributed by atoms with Crippen molar-refractivity contribution in [3.8, 4) is 17.0 Å². The Hall–Kier alpha value is -2.95. The van der Waals surface area contributed by atoms with Crippen LogP contribution in [0.1, 0.15) is 21.5 Å². The predicted octanol–water partition coefficient (Wildman–Crippen LogP) is 3.32. The van der Waals surface area contributed by atoms with Gasteiger partial charge in [-0.05, 0) is 55.3 Å². The fraction of sp³-hybridized carbons (Fsp3) is 0.118. The molecular weight excluding hydrogens is 280 g/mol. The molecule has 22 heavy (non-hydrogen) atoms. The molecule has 0 fully saturated rings. The van der Waals surface area contributed by atoms with E-state index in [0.29, 0.717) is 11.3 Å². The summed E-state index contributed by atoms with van der Waals surface area (Å²) in [5, 5.41) is 18.7. The summed E-state index contributed by atoms with van der Waals surface area (Å²) in [6.07, 6.45) is 1.61. The molecule has 0 radical (unpaired) electrons. The molecule has 0 aliphatic carbocycles. The first-order chi connectivity index (χ1) is 10.5. The summed E-state index contributed by atoms with van der Waals surface area (Å²) in [7, 11) is 0. The molecule has 0 spiro atoms. The predicted molar refractivity (Wildman–Crippen MR) is 83.1 cm³/mol. The van der Waals surface area contributed by atoms with Gasteiger partial charge in [-0.3, -0.25) is 4.98 Å². The van der Waals surface area contributed by atoms with Gasteiger partial charge in [-0.15, -0.1) is 0 Å². The summed E-state index contributed by atoms with van der Waals surface area (Å²) < 4.78 is 0. The number of carbonyl (C=O) groups is 1. The second-order valence-corrected chi connectivity index (χ2v) is 5.22. The molecule has 2 aromatic carbocycles. The molecule has 1 aromatic heterocycles. The maximum atomic E-state index is 11.1. The largest absolute Gasteiger partial charge is 0.507 e. The van der Waals surface area contributed by atoms with Crippen molar-refractivity contribution in [2.75, 3.05) is 0 Å². The Morgan fingerprint density at radius 3 is 2.41 bits per heavy atom. The zero-order valence-electron chi connectivity index (χ0n) is 12.2. The van der Waals surface area contributed by atoms with Gasteiger partial charge in [0.25, 0.3) is 0 Å². The SMILES string of the molecule is Cc1cc2ncc(-c3ccc(O)c(C(=O)O)c3)nc2cc1C. The van der Waals surface area contributed by atoms with Crippen molar-refractivity contribution >= 4 is 17.0 Å². The van der Waals surface area contributed by atoms with Crippen LogP contribution >= 0.6 is 0 Å². The minimum Gasteiger partial charge on any atom is -0.507 e. The second-order valence-electron chi connectivity index (χ2n) is 5.22. The van der Waals surface area contributed by atoms with Crippen molar-refractivity contribution in [1.82, 2.24) is 9.97 Å². The number of hydrogen-bond acceptors (Lipinski definition) is 4. The van der Waals surface area contributed by atoms with Gasteiger partial charge < -0.3 is 10.2 Å². The molecule has 3 rings (SSSR count). The van der Waals surface area contributed by atoms with Crippen molar-refractivity contribution in [3.63, 3.8) is 0 Å². The fourth-order valence-electron chi connectivity index (χ4n) is 2.27. The lowest BCUT2D eigenvalue weighted by atomic mass is 10.1. The van der Waals surface area contributed by atoms with E-state index in [2.05, 4.69) is 9.97 Å². The van der Waals surface area contributed by atoms with Crippen LogP contribution in [0.4, 0.5) is 0 Å². The molecule has 1 heterocycles. The first-order valence-corrected chi connectivity index (χ1v) is 6.76. The van der Waals surface area contributed by atoms with Crippen LogP contribution in [0.15, 0.2) is 36.5 Å². The van der Waals surface area contributed by atoms with Gasteiger partial charge in [0.05, 0.1) is 22.9 Å². The molecule has 3 aromatic rings. The number of hydrogen-bond donors (Lipinski definition) is 2. The monoisotopic (exact) mass is 294 g/mol. The summed E-state index contributed by atoms with van der Waals surface area (Å²) in [6, 6.07) is 8.30. The number of nitrogens with zero attached hydrogens (tertiary/aromatic N) is 2. The van der Waals surface area contributed by atoms with E-state index in [0.717, 1.165) is 22.2 Å². The van der Waals surface area contributed by atoms with E-state index >= 15 is 0 Å². The van der Waals surface area contributed by atoms with Gasteiger partial charge in [-0.25, -0.2) is 9.78 Å². The van der Waals surface area contributed by atoms with E-state index in [1.165, 1.54) is 12.1 Å². The number of aromatic carboxylic acids is 1. The number of aryl methyl sites for hydroxylation is 2. The number of phenols is 1. The van der Waals surface area contributed by atoms with Gasteiger partial charge >= 0.3 is 5.97 Å². The Bertz CT molecular complexity index is 904. The number of benzene rings is 2. The molecule has 0 amide bonds. The fourth-order valence-corrected chi connectivity index (χ4v) is 2.27. The Balaban J connectivity index is 2.16. The summed E-state index contributed by atoms with van der Waals surface area (Å²) in [4.78, 5) is 20.0. The highest BCUT2D eigenvalue weighted by Crippen LogP contribution is 2.26. The highest BCUT2D eigenvalue weighted by atomic mass is 16.4. The lowest BCUT2D eigenvalue weighted by molar-refractivity contribution is 0.0694. The Morgan fingerprint density at radius 1 is 1.05 bits per heavy atom. The average molecular weight is 294 g/mol. The molecule has 0 unspecified atom stereocenters. The van der Waals surface area contributed by atoms with Crippen molar-refractivity contribution in [3.05, 3.63) is 53.2 Å². The highest BCUT2D eigenvalue weighted by Gasteiger charge is 2.12. The van der Waals surface area contributed by atoms with E-state index in [9.17, 15) is 9.90 Å². The second kappa shape index (κ2) is 5.11. The number of fused-ring (bicyclic) bond motifs is 1. The van der Waals surface area contributed by atoms with Crippen LogP contribution in [0.25, 0.3) is 22.3 Å². The van der Waals surface area contributed by atoms with E-state index in [-0.39, 0.29) is 11.3 Å². The first-order valence-electron chi connectivity index (χ1n) is 6.76. The lowest BCUT2D eigenvalue weighted by Gasteiger charge is -2.07. The molecule has 110 valence electrons. The minimum absolute atomic E-state index is 0.153. The van der Waals surface area contributed by atoms with Gasteiger partial charge in [0.2, 0.25) is 0 Å². The first kappa shape index (κ1) is 14.0. The van der Waals surface area contributed by atoms with Crippen LogP contribution in [0.5, 0.6) is 5.75 Å².